The molecular weight excluding hydrogens is 176 g/mol. The Morgan fingerprint density at radius 3 is 2.79 bits per heavy atom. The van der Waals surface area contributed by atoms with Gasteiger partial charge in [0.05, 0.1) is 12.2 Å². The monoisotopic (exact) mass is 196 g/mol. The zero-order chi connectivity index (χ0) is 10.4. The van der Waals surface area contributed by atoms with Gasteiger partial charge in [-0.3, -0.25) is 0 Å². The van der Waals surface area contributed by atoms with Crippen molar-refractivity contribution in [2.45, 2.75) is 45.1 Å². The molecule has 0 aromatic carbocycles. The number of nitrogens with one attached hydrogen (secondary N) is 1. The lowest BCUT2D eigenvalue weighted by Crippen LogP contribution is -2.31. The zero-order valence-corrected chi connectivity index (χ0v) is 8.92. The molecule has 0 aliphatic heterocycles. The van der Waals surface area contributed by atoms with E-state index in [0.717, 1.165) is 32.2 Å². The highest BCUT2D eigenvalue weighted by atomic mass is 16.3. The molecule has 1 aliphatic carbocycles. The summed E-state index contributed by atoms with van der Waals surface area (Å²) in [6.45, 7) is 3.63. The van der Waals surface area contributed by atoms with Crippen LogP contribution in [-0.4, -0.2) is 24.3 Å². The predicted octanol–water partition coefficient (Wildman–Crippen LogP) is 1.43. The second-order valence-electron chi connectivity index (χ2n) is 4.41. The standard InChI is InChI=1S/C11H20N2O/c1-2-3-10(14)8-13-9-11(4-5-11)6-7-12/h10,13-14H,2-6,8-9H2,1H3. The van der Waals surface area contributed by atoms with Gasteiger partial charge in [-0.2, -0.15) is 5.26 Å². The van der Waals surface area contributed by atoms with Crippen molar-refractivity contribution >= 4 is 0 Å². The Balaban J connectivity index is 2.07. The average molecular weight is 196 g/mol. The van der Waals surface area contributed by atoms with Crippen molar-refractivity contribution in [2.75, 3.05) is 13.1 Å². The van der Waals surface area contributed by atoms with Gasteiger partial charge in [-0.1, -0.05) is 13.3 Å². The number of hydrogen-bond acceptors (Lipinski definition) is 3. The van der Waals surface area contributed by atoms with Crippen LogP contribution in [0.5, 0.6) is 0 Å². The summed E-state index contributed by atoms with van der Waals surface area (Å²) in [7, 11) is 0. The molecule has 0 heterocycles. The Labute approximate surface area is 86.1 Å². The van der Waals surface area contributed by atoms with Crippen LogP contribution in [0.2, 0.25) is 0 Å². The Morgan fingerprint density at radius 1 is 1.57 bits per heavy atom. The third kappa shape index (κ3) is 3.65. The highest BCUT2D eigenvalue weighted by Gasteiger charge is 2.41. The van der Waals surface area contributed by atoms with Crippen LogP contribution in [0, 0.1) is 16.7 Å². The van der Waals surface area contributed by atoms with Crippen molar-refractivity contribution in [2.24, 2.45) is 5.41 Å². The van der Waals surface area contributed by atoms with E-state index in [-0.39, 0.29) is 11.5 Å². The maximum absolute atomic E-state index is 9.47. The molecule has 1 rings (SSSR count). The summed E-state index contributed by atoms with van der Waals surface area (Å²) < 4.78 is 0. The van der Waals surface area contributed by atoms with E-state index >= 15 is 0 Å². The second-order valence-corrected chi connectivity index (χ2v) is 4.41. The molecule has 1 saturated carbocycles. The van der Waals surface area contributed by atoms with E-state index in [1.54, 1.807) is 0 Å². The Bertz CT molecular complexity index is 206. The van der Waals surface area contributed by atoms with Crippen molar-refractivity contribution < 1.29 is 5.11 Å². The Kier molecular flexibility index (Phi) is 4.37. The smallest absolute Gasteiger partial charge is 0.0664 e. The number of nitriles is 1. The molecule has 0 saturated heterocycles. The van der Waals surface area contributed by atoms with Gasteiger partial charge in [-0.15, -0.1) is 0 Å². The molecule has 2 N–H and O–H groups in total. The fraction of sp³-hybridized carbons (Fsp3) is 0.909. The van der Waals surface area contributed by atoms with E-state index in [9.17, 15) is 5.11 Å². The molecule has 0 radical (unpaired) electrons. The van der Waals surface area contributed by atoms with Crippen LogP contribution in [-0.2, 0) is 0 Å². The van der Waals surface area contributed by atoms with Crippen LogP contribution < -0.4 is 5.32 Å². The molecule has 1 aliphatic rings. The number of nitrogens with zero attached hydrogens (tertiary/aromatic N) is 1. The molecule has 1 fully saturated rings. The van der Waals surface area contributed by atoms with Crippen molar-refractivity contribution in [3.8, 4) is 6.07 Å². The molecule has 80 valence electrons. The molecule has 14 heavy (non-hydrogen) atoms. The number of hydrogen-bond donors (Lipinski definition) is 2. The lowest BCUT2D eigenvalue weighted by Gasteiger charge is -2.14. The van der Waals surface area contributed by atoms with Crippen LogP contribution in [0.4, 0.5) is 0 Å². The molecule has 0 aromatic rings. The van der Waals surface area contributed by atoms with Crippen LogP contribution in [0.25, 0.3) is 0 Å². The van der Waals surface area contributed by atoms with E-state index in [2.05, 4.69) is 18.3 Å². The van der Waals surface area contributed by atoms with Gasteiger partial charge in [0.2, 0.25) is 0 Å². The summed E-state index contributed by atoms with van der Waals surface area (Å²) in [4.78, 5) is 0. The third-order valence-electron chi connectivity index (χ3n) is 2.91. The average Bonchev–Trinajstić information content (AvgIpc) is 2.86. The lowest BCUT2D eigenvalue weighted by molar-refractivity contribution is 0.158. The van der Waals surface area contributed by atoms with Gasteiger partial charge in [0.25, 0.3) is 0 Å². The van der Waals surface area contributed by atoms with Gasteiger partial charge >= 0.3 is 0 Å². The number of aliphatic hydroxyl groups is 1. The minimum Gasteiger partial charge on any atom is -0.392 e. The summed E-state index contributed by atoms with van der Waals surface area (Å²) in [6, 6.07) is 2.23. The maximum atomic E-state index is 9.47. The summed E-state index contributed by atoms with van der Waals surface area (Å²) in [5.74, 6) is 0. The van der Waals surface area contributed by atoms with Crippen molar-refractivity contribution in [3.05, 3.63) is 0 Å². The normalized spacial score (nSPS) is 20.1. The summed E-state index contributed by atoms with van der Waals surface area (Å²) in [6.07, 6.45) is 4.64. The second kappa shape index (κ2) is 5.33. The summed E-state index contributed by atoms with van der Waals surface area (Å²) >= 11 is 0. The largest absolute Gasteiger partial charge is 0.392 e. The first kappa shape index (κ1) is 11.5. The van der Waals surface area contributed by atoms with Crippen molar-refractivity contribution in [1.82, 2.24) is 5.32 Å². The van der Waals surface area contributed by atoms with E-state index in [1.807, 2.05) is 0 Å². The lowest BCUT2D eigenvalue weighted by atomic mass is 10.0. The van der Waals surface area contributed by atoms with E-state index in [1.165, 1.54) is 0 Å². The van der Waals surface area contributed by atoms with Crippen LogP contribution in [0.1, 0.15) is 39.0 Å². The van der Waals surface area contributed by atoms with E-state index in [0.29, 0.717) is 13.0 Å². The van der Waals surface area contributed by atoms with E-state index < -0.39 is 0 Å². The quantitative estimate of drug-likeness (QED) is 0.647. The minimum atomic E-state index is -0.224. The van der Waals surface area contributed by atoms with Gasteiger partial charge in [0, 0.05) is 19.5 Å². The van der Waals surface area contributed by atoms with Gasteiger partial charge in [0.15, 0.2) is 0 Å². The highest BCUT2D eigenvalue weighted by molar-refractivity contribution is 5.00. The summed E-state index contributed by atoms with van der Waals surface area (Å²) in [5.41, 5.74) is 0.251. The van der Waals surface area contributed by atoms with Crippen molar-refractivity contribution in [3.63, 3.8) is 0 Å². The molecule has 0 aromatic heterocycles. The SMILES string of the molecule is CCCC(O)CNCC1(CC#N)CC1. The molecular formula is C11H20N2O. The predicted molar refractivity (Wildman–Crippen MR) is 55.7 cm³/mol. The third-order valence-corrected chi connectivity index (χ3v) is 2.91. The molecule has 0 bridgehead atoms. The number of rotatable bonds is 7. The fourth-order valence-corrected chi connectivity index (χ4v) is 1.70. The first-order valence-electron chi connectivity index (χ1n) is 5.48. The molecule has 0 spiro atoms. The van der Waals surface area contributed by atoms with Gasteiger partial charge in [-0.25, -0.2) is 0 Å². The first-order valence-corrected chi connectivity index (χ1v) is 5.48. The minimum absolute atomic E-state index is 0.224. The molecule has 3 nitrogen and oxygen atoms in total. The first-order chi connectivity index (χ1) is 6.72. The van der Waals surface area contributed by atoms with E-state index in [4.69, 9.17) is 5.26 Å². The number of aliphatic hydroxyl groups excluding tert-OH is 1. The Hall–Kier alpha value is -0.590. The summed E-state index contributed by atoms with van der Waals surface area (Å²) in [5, 5.41) is 21.3. The van der Waals surface area contributed by atoms with Gasteiger partial charge < -0.3 is 10.4 Å². The van der Waals surface area contributed by atoms with Gasteiger partial charge in [-0.05, 0) is 24.7 Å². The molecule has 1 atom stereocenters. The van der Waals surface area contributed by atoms with Crippen molar-refractivity contribution in [1.29, 1.82) is 5.26 Å². The Morgan fingerprint density at radius 2 is 2.29 bits per heavy atom. The highest BCUT2D eigenvalue weighted by Crippen LogP contribution is 2.47. The van der Waals surface area contributed by atoms with Crippen LogP contribution in [0.15, 0.2) is 0 Å². The maximum Gasteiger partial charge on any atom is 0.0664 e. The molecule has 1 unspecified atom stereocenters. The van der Waals surface area contributed by atoms with Gasteiger partial charge in [0.1, 0.15) is 0 Å². The molecule has 3 heteroatoms. The van der Waals surface area contributed by atoms with Crippen LogP contribution >= 0.6 is 0 Å². The molecule has 0 amide bonds. The zero-order valence-electron chi connectivity index (χ0n) is 8.92. The topological polar surface area (TPSA) is 56.0 Å². The van der Waals surface area contributed by atoms with Crippen LogP contribution in [0.3, 0.4) is 0 Å². The fourth-order valence-electron chi connectivity index (χ4n) is 1.70.